The Morgan fingerprint density at radius 3 is 2.42 bits per heavy atom. The summed E-state index contributed by atoms with van der Waals surface area (Å²) in [6.45, 7) is 0. The Bertz CT molecular complexity index is 1170. The average molecular weight is 521 g/mol. The largest absolute Gasteiger partial charge is 0.349 e. The Kier molecular flexibility index (Phi) is 8.07. The van der Waals surface area contributed by atoms with Crippen LogP contribution in [0, 0.1) is 11.7 Å². The predicted molar refractivity (Wildman–Crippen MR) is 145 cm³/mol. The molecule has 3 amide bonds. The first-order valence-electron chi connectivity index (χ1n) is 13.9. The molecule has 1 atom stereocenters. The lowest BCUT2D eigenvalue weighted by Gasteiger charge is -2.31. The monoisotopic (exact) mass is 520 g/mol. The number of hydrogen-bond donors (Lipinski definition) is 3. The van der Waals surface area contributed by atoms with Crippen LogP contribution in [-0.2, 0) is 9.59 Å². The maximum Gasteiger partial charge on any atom is 0.251 e. The van der Waals surface area contributed by atoms with Crippen LogP contribution >= 0.6 is 0 Å². The van der Waals surface area contributed by atoms with Gasteiger partial charge in [0.15, 0.2) is 0 Å². The molecule has 7 nitrogen and oxygen atoms in total. The Morgan fingerprint density at radius 1 is 1.00 bits per heavy atom. The Morgan fingerprint density at radius 2 is 1.71 bits per heavy atom. The van der Waals surface area contributed by atoms with Crippen LogP contribution in [0.4, 0.5) is 15.8 Å². The fraction of sp³-hybridized carbons (Fsp3) is 0.500. The van der Waals surface area contributed by atoms with Gasteiger partial charge < -0.3 is 21.3 Å². The Hall–Kier alpha value is -3.26. The Labute approximate surface area is 223 Å². The van der Waals surface area contributed by atoms with Gasteiger partial charge in [-0.25, -0.2) is 4.39 Å². The SMILES string of the molecule is NC1CCC(NC(=O)c2ccc3c(c2)NC(=O)CC(c2ccc(F)cc2)N3C(=O)CCC2CCCC2)CC1. The van der Waals surface area contributed by atoms with Crippen molar-refractivity contribution in [2.24, 2.45) is 11.7 Å². The van der Waals surface area contributed by atoms with Crippen molar-refractivity contribution in [3.63, 3.8) is 0 Å². The van der Waals surface area contributed by atoms with Gasteiger partial charge in [0.25, 0.3) is 5.91 Å². The highest BCUT2D eigenvalue weighted by Crippen LogP contribution is 2.40. The van der Waals surface area contributed by atoms with Crippen LogP contribution in [0.25, 0.3) is 0 Å². The Balaban J connectivity index is 1.43. The second kappa shape index (κ2) is 11.6. The molecule has 38 heavy (non-hydrogen) atoms. The van der Waals surface area contributed by atoms with Gasteiger partial charge in [-0.2, -0.15) is 0 Å². The summed E-state index contributed by atoms with van der Waals surface area (Å²) in [6, 6.07) is 10.8. The number of rotatable bonds is 6. The number of carbonyl (C=O) groups excluding carboxylic acids is 3. The molecule has 2 aromatic carbocycles. The number of nitrogens with zero attached hydrogens (tertiary/aromatic N) is 1. The molecule has 2 fully saturated rings. The van der Waals surface area contributed by atoms with E-state index in [9.17, 15) is 18.8 Å². The predicted octanol–water partition coefficient (Wildman–Crippen LogP) is 5.21. The summed E-state index contributed by atoms with van der Waals surface area (Å²) >= 11 is 0. The average Bonchev–Trinajstić information content (AvgIpc) is 3.38. The van der Waals surface area contributed by atoms with Crippen molar-refractivity contribution in [3.8, 4) is 0 Å². The van der Waals surface area contributed by atoms with Crippen LogP contribution in [0.3, 0.4) is 0 Å². The lowest BCUT2D eigenvalue weighted by molar-refractivity contribution is -0.119. The van der Waals surface area contributed by atoms with E-state index in [4.69, 9.17) is 5.73 Å². The number of carbonyl (C=O) groups is 3. The fourth-order valence-electron chi connectivity index (χ4n) is 6.16. The van der Waals surface area contributed by atoms with Crippen LogP contribution in [0.15, 0.2) is 42.5 Å². The van der Waals surface area contributed by atoms with Gasteiger partial charge >= 0.3 is 0 Å². The van der Waals surface area contributed by atoms with Crippen LogP contribution in [0.5, 0.6) is 0 Å². The molecule has 0 radical (unpaired) electrons. The molecule has 202 valence electrons. The zero-order valence-corrected chi connectivity index (χ0v) is 21.8. The minimum Gasteiger partial charge on any atom is -0.349 e. The summed E-state index contributed by atoms with van der Waals surface area (Å²) in [4.78, 5) is 41.5. The normalized spacial score (nSPS) is 23.9. The maximum absolute atomic E-state index is 13.8. The lowest BCUT2D eigenvalue weighted by Crippen LogP contribution is -2.40. The molecule has 3 aliphatic rings. The first-order chi connectivity index (χ1) is 18.4. The zero-order valence-electron chi connectivity index (χ0n) is 21.8. The van der Waals surface area contributed by atoms with E-state index in [0.717, 1.165) is 44.9 Å². The molecule has 2 aromatic rings. The van der Waals surface area contributed by atoms with Gasteiger partial charge in [0.05, 0.1) is 23.8 Å². The summed E-state index contributed by atoms with van der Waals surface area (Å²) in [6.07, 6.45) is 9.40. The van der Waals surface area contributed by atoms with Crippen LogP contribution in [0.1, 0.15) is 92.6 Å². The van der Waals surface area contributed by atoms with Crippen molar-refractivity contribution in [3.05, 3.63) is 59.4 Å². The van der Waals surface area contributed by atoms with Crippen molar-refractivity contribution in [2.45, 2.75) is 88.8 Å². The van der Waals surface area contributed by atoms with Gasteiger partial charge in [0.1, 0.15) is 5.82 Å². The highest BCUT2D eigenvalue weighted by molar-refractivity contribution is 6.06. The van der Waals surface area contributed by atoms with E-state index in [-0.39, 0.29) is 42.0 Å². The van der Waals surface area contributed by atoms with Crippen molar-refractivity contribution in [2.75, 3.05) is 10.2 Å². The second-order valence-electron chi connectivity index (χ2n) is 11.1. The van der Waals surface area contributed by atoms with E-state index in [1.807, 2.05) is 0 Å². The molecule has 5 rings (SSSR count). The third-order valence-electron chi connectivity index (χ3n) is 8.35. The minimum absolute atomic E-state index is 0.0410. The quantitative estimate of drug-likeness (QED) is 0.486. The van der Waals surface area contributed by atoms with E-state index in [1.54, 1.807) is 35.2 Å². The van der Waals surface area contributed by atoms with Crippen LogP contribution in [-0.4, -0.2) is 29.8 Å². The molecule has 0 aromatic heterocycles. The third-order valence-corrected chi connectivity index (χ3v) is 8.35. The summed E-state index contributed by atoms with van der Waals surface area (Å²) < 4.78 is 13.7. The van der Waals surface area contributed by atoms with Gasteiger partial charge in [-0.15, -0.1) is 0 Å². The van der Waals surface area contributed by atoms with Crippen molar-refractivity contribution in [1.82, 2.24) is 5.32 Å². The smallest absolute Gasteiger partial charge is 0.251 e. The van der Waals surface area contributed by atoms with E-state index in [1.165, 1.54) is 25.0 Å². The summed E-state index contributed by atoms with van der Waals surface area (Å²) in [5, 5.41) is 6.01. The van der Waals surface area contributed by atoms with Gasteiger partial charge in [0.2, 0.25) is 11.8 Å². The van der Waals surface area contributed by atoms with Gasteiger partial charge in [-0.3, -0.25) is 14.4 Å². The second-order valence-corrected chi connectivity index (χ2v) is 11.1. The first-order valence-corrected chi connectivity index (χ1v) is 13.9. The van der Waals surface area contributed by atoms with E-state index in [0.29, 0.717) is 34.8 Å². The van der Waals surface area contributed by atoms with Gasteiger partial charge in [0, 0.05) is 24.1 Å². The van der Waals surface area contributed by atoms with Gasteiger partial charge in [-0.05, 0) is 73.9 Å². The number of hydrogen-bond acceptors (Lipinski definition) is 4. The third kappa shape index (κ3) is 6.07. The van der Waals surface area contributed by atoms with Crippen LogP contribution in [0.2, 0.25) is 0 Å². The topological polar surface area (TPSA) is 105 Å². The number of halogens is 1. The van der Waals surface area contributed by atoms with Crippen molar-refractivity contribution < 1.29 is 18.8 Å². The number of benzene rings is 2. The standard InChI is InChI=1S/C30H37FN4O3/c31-22-9-6-20(7-10-22)27-18-28(36)34-25-17-21(30(38)33-24-13-11-23(32)12-14-24)8-15-26(25)35(27)29(37)16-5-19-3-1-2-4-19/h6-10,15,17,19,23-24,27H,1-5,11-14,16,18,32H2,(H,33,38)(H,34,36). The first kappa shape index (κ1) is 26.4. The summed E-state index contributed by atoms with van der Waals surface area (Å²) in [7, 11) is 0. The molecule has 8 heteroatoms. The zero-order chi connectivity index (χ0) is 26.6. The fourth-order valence-corrected chi connectivity index (χ4v) is 6.16. The molecule has 2 aliphatic carbocycles. The molecule has 4 N–H and O–H groups in total. The maximum atomic E-state index is 13.8. The minimum atomic E-state index is -0.570. The van der Waals surface area contributed by atoms with E-state index in [2.05, 4.69) is 10.6 Å². The molecule has 2 saturated carbocycles. The number of fused-ring (bicyclic) bond motifs is 1. The highest BCUT2D eigenvalue weighted by Gasteiger charge is 2.34. The van der Waals surface area contributed by atoms with E-state index < -0.39 is 6.04 Å². The molecule has 1 heterocycles. The number of nitrogens with two attached hydrogens (primary N) is 1. The van der Waals surface area contributed by atoms with Crippen molar-refractivity contribution in [1.29, 1.82) is 0 Å². The van der Waals surface area contributed by atoms with Crippen LogP contribution < -0.4 is 21.3 Å². The number of amides is 3. The molecular weight excluding hydrogens is 483 g/mol. The molecule has 0 spiro atoms. The molecule has 0 saturated heterocycles. The number of anilines is 2. The van der Waals surface area contributed by atoms with Gasteiger partial charge in [-0.1, -0.05) is 37.8 Å². The summed E-state index contributed by atoms with van der Waals surface area (Å²) in [5.74, 6) is -0.358. The summed E-state index contributed by atoms with van der Waals surface area (Å²) in [5.41, 5.74) is 8.11. The molecule has 0 bridgehead atoms. The molecule has 1 aliphatic heterocycles. The number of nitrogens with one attached hydrogen (secondary N) is 2. The lowest BCUT2D eigenvalue weighted by atomic mass is 9.91. The van der Waals surface area contributed by atoms with E-state index >= 15 is 0 Å². The van der Waals surface area contributed by atoms with Crippen molar-refractivity contribution >= 4 is 29.1 Å². The molecular formula is C30H37FN4O3. The highest BCUT2D eigenvalue weighted by atomic mass is 19.1. The molecule has 1 unspecified atom stereocenters.